The Morgan fingerprint density at radius 1 is 0.471 bits per heavy atom. The van der Waals surface area contributed by atoms with Gasteiger partial charge in [0.2, 0.25) is 0 Å². The topological polar surface area (TPSA) is 0 Å². The fraction of sp³-hybridized carbons (Fsp3) is 0.647. The van der Waals surface area contributed by atoms with Gasteiger partial charge in [-0.25, -0.2) is 0 Å². The fourth-order valence-electron chi connectivity index (χ4n) is 0.534. The van der Waals surface area contributed by atoms with E-state index in [2.05, 4.69) is 19.1 Å². The Hall–Kier alpha value is -0.780. The number of aryl methyl sites for hydroxylation is 1. The minimum absolute atomic E-state index is 1.32. The number of benzene rings is 1. The molecule has 106 valence electrons. The van der Waals surface area contributed by atoms with Gasteiger partial charge in [0.25, 0.3) is 0 Å². The second kappa shape index (κ2) is 59.0. The molecule has 0 bridgehead atoms. The van der Waals surface area contributed by atoms with Crippen molar-refractivity contribution in [1.82, 2.24) is 0 Å². The van der Waals surface area contributed by atoms with Crippen LogP contribution in [0.2, 0.25) is 0 Å². The van der Waals surface area contributed by atoms with E-state index in [4.69, 9.17) is 0 Å². The van der Waals surface area contributed by atoms with E-state index in [1.165, 1.54) is 5.56 Å². The lowest BCUT2D eigenvalue weighted by atomic mass is 10.2. The number of rotatable bonds is 0. The van der Waals surface area contributed by atoms with Gasteiger partial charge in [-0.1, -0.05) is 105 Å². The molecule has 0 amide bonds. The van der Waals surface area contributed by atoms with E-state index in [0.717, 1.165) is 0 Å². The summed E-state index contributed by atoms with van der Waals surface area (Å²) in [5, 5.41) is 0. The van der Waals surface area contributed by atoms with E-state index in [-0.39, 0.29) is 0 Å². The van der Waals surface area contributed by atoms with Crippen LogP contribution < -0.4 is 0 Å². The van der Waals surface area contributed by atoms with Crippen molar-refractivity contribution in [1.29, 1.82) is 0 Å². The standard InChI is InChI=1S/C7H8.5C2H6/c1-7-5-3-2-4-6-7;5*1-2/h2-6H,1H3;5*1-2H3. The smallest absolute Gasteiger partial charge is 0.0398 e. The molecule has 1 aromatic rings. The van der Waals surface area contributed by atoms with Crippen molar-refractivity contribution in [2.24, 2.45) is 0 Å². The highest BCUT2D eigenvalue weighted by Crippen LogP contribution is 1.92. The maximum atomic E-state index is 2.08. The van der Waals surface area contributed by atoms with Gasteiger partial charge < -0.3 is 0 Å². The molecule has 0 aliphatic rings. The molecular formula is C17H38. The summed E-state index contributed by atoms with van der Waals surface area (Å²) in [4.78, 5) is 0. The Kier molecular flexibility index (Phi) is 104. The molecule has 0 saturated carbocycles. The lowest BCUT2D eigenvalue weighted by Crippen LogP contribution is -1.62. The van der Waals surface area contributed by atoms with Gasteiger partial charge in [-0.2, -0.15) is 0 Å². The van der Waals surface area contributed by atoms with Gasteiger partial charge in [-0.15, -0.1) is 0 Å². The summed E-state index contributed by atoms with van der Waals surface area (Å²) in [7, 11) is 0. The van der Waals surface area contributed by atoms with Crippen molar-refractivity contribution in [3.8, 4) is 0 Å². The predicted octanol–water partition coefficient (Wildman–Crippen LogP) is 7.13. The first kappa shape index (κ1) is 29.8. The molecule has 0 aromatic heterocycles. The van der Waals surface area contributed by atoms with Crippen LogP contribution in [0.5, 0.6) is 0 Å². The Bertz CT molecular complexity index is 130. The van der Waals surface area contributed by atoms with Gasteiger partial charge in [0.15, 0.2) is 0 Å². The van der Waals surface area contributed by atoms with Crippen LogP contribution >= 0.6 is 0 Å². The fourth-order valence-corrected chi connectivity index (χ4v) is 0.534. The van der Waals surface area contributed by atoms with Crippen molar-refractivity contribution in [3.63, 3.8) is 0 Å². The first-order valence-corrected chi connectivity index (χ1v) is 7.41. The summed E-state index contributed by atoms with van der Waals surface area (Å²) in [5.74, 6) is 0. The van der Waals surface area contributed by atoms with Gasteiger partial charge in [0.05, 0.1) is 0 Å². The van der Waals surface area contributed by atoms with E-state index in [9.17, 15) is 0 Å². The van der Waals surface area contributed by atoms with Crippen molar-refractivity contribution in [2.45, 2.75) is 76.2 Å². The van der Waals surface area contributed by atoms with Crippen molar-refractivity contribution in [3.05, 3.63) is 35.9 Å². The van der Waals surface area contributed by atoms with Crippen molar-refractivity contribution in [2.75, 3.05) is 0 Å². The summed E-state index contributed by atoms with van der Waals surface area (Å²) in [6.07, 6.45) is 0. The molecule has 0 aliphatic heterocycles. The minimum atomic E-state index is 1.32. The third-order valence-electron chi connectivity index (χ3n) is 0.940. The van der Waals surface area contributed by atoms with Gasteiger partial charge in [0, 0.05) is 0 Å². The molecule has 0 nitrogen and oxygen atoms in total. The second-order valence-electron chi connectivity index (χ2n) is 1.65. The molecule has 0 aliphatic carbocycles. The van der Waals surface area contributed by atoms with Crippen molar-refractivity contribution < 1.29 is 0 Å². The Morgan fingerprint density at radius 3 is 0.824 bits per heavy atom. The summed E-state index contributed by atoms with van der Waals surface area (Å²) in [6, 6.07) is 10.3. The highest BCUT2D eigenvalue weighted by molar-refractivity contribution is 5.11. The molecule has 17 heavy (non-hydrogen) atoms. The molecule has 0 N–H and O–H groups in total. The van der Waals surface area contributed by atoms with Crippen LogP contribution in [0.3, 0.4) is 0 Å². The SMILES string of the molecule is CC.CC.CC.CC.CC.Cc1ccccc1. The van der Waals surface area contributed by atoms with Gasteiger partial charge >= 0.3 is 0 Å². The number of hydrogen-bond acceptors (Lipinski definition) is 0. The molecule has 0 spiro atoms. The first-order valence-electron chi connectivity index (χ1n) is 7.41. The normalized spacial score (nSPS) is 5.35. The highest BCUT2D eigenvalue weighted by atomic mass is 13.8. The maximum absolute atomic E-state index is 2.08. The second-order valence-corrected chi connectivity index (χ2v) is 1.65. The van der Waals surface area contributed by atoms with Crippen LogP contribution in [0.4, 0.5) is 0 Å². The van der Waals surface area contributed by atoms with Gasteiger partial charge in [0.1, 0.15) is 0 Å². The summed E-state index contributed by atoms with van der Waals surface area (Å²) >= 11 is 0. The van der Waals surface area contributed by atoms with Crippen LogP contribution in [-0.2, 0) is 0 Å². The van der Waals surface area contributed by atoms with Gasteiger partial charge in [-0.3, -0.25) is 0 Å². The average molecular weight is 242 g/mol. The Morgan fingerprint density at radius 2 is 0.706 bits per heavy atom. The van der Waals surface area contributed by atoms with Crippen LogP contribution in [0.1, 0.15) is 74.8 Å². The molecule has 0 heterocycles. The summed E-state index contributed by atoms with van der Waals surface area (Å²) < 4.78 is 0. The van der Waals surface area contributed by atoms with E-state index in [1.54, 1.807) is 0 Å². The highest BCUT2D eigenvalue weighted by Gasteiger charge is 1.72. The quantitative estimate of drug-likeness (QED) is 0.454. The molecule has 0 saturated heterocycles. The van der Waals surface area contributed by atoms with Crippen molar-refractivity contribution >= 4 is 0 Å². The van der Waals surface area contributed by atoms with Crippen LogP contribution in [0.15, 0.2) is 30.3 Å². The monoisotopic (exact) mass is 242 g/mol. The molecular weight excluding hydrogens is 204 g/mol. The lowest BCUT2D eigenvalue weighted by molar-refractivity contribution is 1.48. The van der Waals surface area contributed by atoms with Crippen LogP contribution in [-0.4, -0.2) is 0 Å². The zero-order valence-electron chi connectivity index (χ0n) is 14.4. The Balaban J connectivity index is -0.0000000413. The zero-order valence-corrected chi connectivity index (χ0v) is 14.4. The largest absolute Gasteiger partial charge is 0.0683 e. The molecule has 1 aromatic carbocycles. The van der Waals surface area contributed by atoms with Crippen LogP contribution in [0.25, 0.3) is 0 Å². The first-order chi connectivity index (χ1) is 8.39. The lowest BCUT2D eigenvalue weighted by Gasteiger charge is -1.82. The van der Waals surface area contributed by atoms with E-state index < -0.39 is 0 Å². The van der Waals surface area contributed by atoms with E-state index >= 15 is 0 Å². The molecule has 0 radical (unpaired) electrons. The Labute approximate surface area is 112 Å². The van der Waals surface area contributed by atoms with Gasteiger partial charge in [-0.05, 0) is 6.92 Å². The molecule has 1 rings (SSSR count). The third-order valence-corrected chi connectivity index (χ3v) is 0.940. The summed E-state index contributed by atoms with van der Waals surface area (Å²) in [5.41, 5.74) is 1.32. The predicted molar refractivity (Wildman–Crippen MR) is 87.9 cm³/mol. The third kappa shape index (κ3) is 51.0. The molecule has 0 fully saturated rings. The van der Waals surface area contributed by atoms with E-state index in [0.29, 0.717) is 0 Å². The summed E-state index contributed by atoms with van der Waals surface area (Å²) in [6.45, 7) is 22.1. The molecule has 0 unspecified atom stereocenters. The average Bonchev–Trinajstić information content (AvgIpc) is 2.50. The molecule has 0 atom stereocenters. The van der Waals surface area contributed by atoms with E-state index in [1.807, 2.05) is 87.4 Å². The molecule has 0 heteroatoms. The number of hydrogen-bond donors (Lipinski definition) is 0. The minimum Gasteiger partial charge on any atom is -0.0683 e. The van der Waals surface area contributed by atoms with Crippen LogP contribution in [0, 0.1) is 6.92 Å². The zero-order chi connectivity index (χ0) is 15.1. The maximum Gasteiger partial charge on any atom is -0.0398 e.